The van der Waals surface area contributed by atoms with E-state index in [9.17, 15) is 9.59 Å². The maximum Gasteiger partial charge on any atom is 0.329 e. The van der Waals surface area contributed by atoms with E-state index in [1.165, 1.54) is 12.5 Å². The fraction of sp³-hybridized carbons (Fsp3) is 0.133. The molecule has 2 N–H and O–H groups in total. The quantitative estimate of drug-likeness (QED) is 0.500. The smallest absolute Gasteiger partial charge is 0.329 e. The van der Waals surface area contributed by atoms with Crippen molar-refractivity contribution in [3.63, 3.8) is 0 Å². The van der Waals surface area contributed by atoms with Gasteiger partial charge in [-0.1, -0.05) is 0 Å². The van der Waals surface area contributed by atoms with E-state index in [4.69, 9.17) is 9.15 Å². The summed E-state index contributed by atoms with van der Waals surface area (Å²) in [4.78, 5) is 23.2. The van der Waals surface area contributed by atoms with Gasteiger partial charge in [0.05, 0.1) is 19.1 Å². The van der Waals surface area contributed by atoms with E-state index >= 15 is 0 Å². The molecule has 7 nitrogen and oxygen atoms in total. The second-order valence-electron chi connectivity index (χ2n) is 4.13. The summed E-state index contributed by atoms with van der Waals surface area (Å²) in [6.45, 7) is 2.44. The molecular formula is C15H15N3O4. The van der Waals surface area contributed by atoms with Gasteiger partial charge in [-0.15, -0.1) is 0 Å². The Morgan fingerprint density at radius 1 is 1.23 bits per heavy atom. The average Bonchev–Trinajstić information content (AvgIpc) is 3.02. The van der Waals surface area contributed by atoms with Gasteiger partial charge < -0.3 is 14.5 Å². The van der Waals surface area contributed by atoms with Gasteiger partial charge in [0.1, 0.15) is 11.5 Å². The first-order chi connectivity index (χ1) is 10.7. The van der Waals surface area contributed by atoms with Crippen LogP contribution in [-0.2, 0) is 9.59 Å². The van der Waals surface area contributed by atoms with E-state index in [-0.39, 0.29) is 0 Å². The van der Waals surface area contributed by atoms with E-state index in [1.54, 1.807) is 36.4 Å². The maximum absolute atomic E-state index is 11.7. The molecule has 1 aromatic heterocycles. The van der Waals surface area contributed by atoms with Crippen LogP contribution in [0.1, 0.15) is 12.7 Å². The van der Waals surface area contributed by atoms with E-state index in [2.05, 4.69) is 15.8 Å². The Kier molecular flexibility index (Phi) is 5.31. The first-order valence-electron chi connectivity index (χ1n) is 6.60. The number of nitrogens with zero attached hydrogens (tertiary/aromatic N) is 1. The zero-order valence-electron chi connectivity index (χ0n) is 11.9. The Labute approximate surface area is 127 Å². The largest absolute Gasteiger partial charge is 0.494 e. The summed E-state index contributed by atoms with van der Waals surface area (Å²) < 4.78 is 10.3. The first-order valence-corrected chi connectivity index (χ1v) is 6.60. The normalized spacial score (nSPS) is 10.4. The van der Waals surface area contributed by atoms with E-state index < -0.39 is 11.8 Å². The van der Waals surface area contributed by atoms with E-state index in [0.29, 0.717) is 23.8 Å². The highest BCUT2D eigenvalue weighted by Crippen LogP contribution is 2.15. The lowest BCUT2D eigenvalue weighted by Gasteiger charge is -2.06. The molecule has 7 heteroatoms. The molecule has 2 amide bonds. The molecule has 114 valence electrons. The predicted molar refractivity (Wildman–Crippen MR) is 80.7 cm³/mol. The third-order valence-electron chi connectivity index (χ3n) is 2.53. The molecule has 2 rings (SSSR count). The number of furan rings is 1. The fourth-order valence-electron chi connectivity index (χ4n) is 1.56. The number of rotatable bonds is 5. The zero-order chi connectivity index (χ0) is 15.8. The molecule has 0 aliphatic heterocycles. The lowest BCUT2D eigenvalue weighted by Crippen LogP contribution is -2.32. The van der Waals surface area contributed by atoms with Crippen molar-refractivity contribution >= 4 is 23.7 Å². The Morgan fingerprint density at radius 3 is 2.64 bits per heavy atom. The van der Waals surface area contributed by atoms with Crippen LogP contribution < -0.4 is 15.5 Å². The number of hydrazone groups is 1. The molecule has 0 fully saturated rings. The highest BCUT2D eigenvalue weighted by atomic mass is 16.5. The van der Waals surface area contributed by atoms with Crippen molar-refractivity contribution in [3.8, 4) is 5.75 Å². The number of anilines is 1. The van der Waals surface area contributed by atoms with Gasteiger partial charge in [0, 0.05) is 5.69 Å². The van der Waals surface area contributed by atoms with Crippen LogP contribution in [0.2, 0.25) is 0 Å². The molecule has 1 aromatic carbocycles. The van der Waals surface area contributed by atoms with Crippen LogP contribution in [0.5, 0.6) is 5.75 Å². The predicted octanol–water partition coefficient (Wildman–Crippen LogP) is 1.77. The second kappa shape index (κ2) is 7.63. The lowest BCUT2D eigenvalue weighted by atomic mass is 10.3. The van der Waals surface area contributed by atoms with Gasteiger partial charge >= 0.3 is 11.8 Å². The minimum atomic E-state index is -0.878. The van der Waals surface area contributed by atoms with Gasteiger partial charge in [0.15, 0.2) is 0 Å². The number of hydrogen-bond donors (Lipinski definition) is 2. The van der Waals surface area contributed by atoms with Crippen molar-refractivity contribution in [2.75, 3.05) is 11.9 Å². The van der Waals surface area contributed by atoms with Crippen LogP contribution in [0, 0.1) is 0 Å². The van der Waals surface area contributed by atoms with Crippen molar-refractivity contribution in [1.82, 2.24) is 5.43 Å². The highest BCUT2D eigenvalue weighted by Gasteiger charge is 2.12. The molecule has 0 saturated heterocycles. The number of hydrogen-bond acceptors (Lipinski definition) is 5. The van der Waals surface area contributed by atoms with Crippen molar-refractivity contribution in [2.24, 2.45) is 5.10 Å². The van der Waals surface area contributed by atoms with Crippen molar-refractivity contribution in [2.45, 2.75) is 6.92 Å². The van der Waals surface area contributed by atoms with E-state index in [0.717, 1.165) is 0 Å². The van der Waals surface area contributed by atoms with Crippen molar-refractivity contribution in [3.05, 3.63) is 48.4 Å². The topological polar surface area (TPSA) is 92.9 Å². The van der Waals surface area contributed by atoms with Crippen LogP contribution in [0.25, 0.3) is 0 Å². The SMILES string of the molecule is CCOc1ccc(NC(=O)C(=O)NN=Cc2ccco2)cc1. The molecule has 1 heterocycles. The van der Waals surface area contributed by atoms with Gasteiger partial charge in [-0.05, 0) is 43.3 Å². The van der Waals surface area contributed by atoms with Gasteiger partial charge in [-0.25, -0.2) is 5.43 Å². The lowest BCUT2D eigenvalue weighted by molar-refractivity contribution is -0.136. The molecule has 0 aliphatic rings. The monoisotopic (exact) mass is 301 g/mol. The molecule has 0 unspecified atom stereocenters. The molecule has 0 saturated carbocycles. The fourth-order valence-corrected chi connectivity index (χ4v) is 1.56. The van der Waals surface area contributed by atoms with Crippen LogP contribution >= 0.6 is 0 Å². The summed E-state index contributed by atoms with van der Waals surface area (Å²) >= 11 is 0. The molecule has 0 atom stereocenters. The molecule has 2 aromatic rings. The molecule has 0 aliphatic carbocycles. The van der Waals surface area contributed by atoms with Gasteiger partial charge in [0.25, 0.3) is 0 Å². The molecular weight excluding hydrogens is 286 g/mol. The first kappa shape index (κ1) is 15.3. The van der Waals surface area contributed by atoms with Crippen LogP contribution in [0.3, 0.4) is 0 Å². The summed E-state index contributed by atoms with van der Waals surface area (Å²) in [7, 11) is 0. The standard InChI is InChI=1S/C15H15N3O4/c1-2-21-12-7-5-11(6-8-12)17-14(19)15(20)18-16-10-13-4-3-9-22-13/h3-10H,2H2,1H3,(H,17,19)(H,18,20). The summed E-state index contributed by atoms with van der Waals surface area (Å²) in [6, 6.07) is 10.0. The summed E-state index contributed by atoms with van der Waals surface area (Å²) in [6.07, 6.45) is 2.77. The van der Waals surface area contributed by atoms with Gasteiger partial charge in [-0.3, -0.25) is 9.59 Å². The maximum atomic E-state index is 11.7. The summed E-state index contributed by atoms with van der Waals surface area (Å²) in [5.74, 6) is -0.544. The average molecular weight is 301 g/mol. The highest BCUT2D eigenvalue weighted by molar-refractivity contribution is 6.39. The van der Waals surface area contributed by atoms with E-state index in [1.807, 2.05) is 6.92 Å². The molecule has 0 radical (unpaired) electrons. The number of carbonyl (C=O) groups excluding carboxylic acids is 2. The Balaban J connectivity index is 1.84. The molecule has 0 spiro atoms. The van der Waals surface area contributed by atoms with Crippen molar-refractivity contribution in [1.29, 1.82) is 0 Å². The van der Waals surface area contributed by atoms with Gasteiger partial charge in [-0.2, -0.15) is 5.10 Å². The number of nitrogens with one attached hydrogen (secondary N) is 2. The van der Waals surface area contributed by atoms with Crippen molar-refractivity contribution < 1.29 is 18.7 Å². The Hall–Kier alpha value is -3.09. The third kappa shape index (κ3) is 4.48. The zero-order valence-corrected chi connectivity index (χ0v) is 11.9. The minimum absolute atomic E-state index is 0.465. The number of amides is 2. The summed E-state index contributed by atoms with van der Waals surface area (Å²) in [5.41, 5.74) is 2.59. The van der Waals surface area contributed by atoms with Crippen LogP contribution in [0.4, 0.5) is 5.69 Å². The minimum Gasteiger partial charge on any atom is -0.494 e. The van der Waals surface area contributed by atoms with Gasteiger partial charge in [0.2, 0.25) is 0 Å². The number of ether oxygens (including phenoxy) is 1. The summed E-state index contributed by atoms with van der Waals surface area (Å²) in [5, 5.41) is 6.07. The van der Waals surface area contributed by atoms with Crippen LogP contribution in [-0.4, -0.2) is 24.6 Å². The molecule has 22 heavy (non-hydrogen) atoms. The van der Waals surface area contributed by atoms with Crippen LogP contribution in [0.15, 0.2) is 52.2 Å². The number of benzene rings is 1. The molecule has 0 bridgehead atoms. The third-order valence-corrected chi connectivity index (χ3v) is 2.53. The Bertz CT molecular complexity index is 648. The second-order valence-corrected chi connectivity index (χ2v) is 4.13. The number of carbonyl (C=O) groups is 2. The Morgan fingerprint density at radius 2 is 2.00 bits per heavy atom.